The molecule has 1 aromatic rings. The highest BCUT2D eigenvalue weighted by molar-refractivity contribution is 7.89. The van der Waals surface area contributed by atoms with Crippen LogP contribution >= 0.6 is 0 Å². The van der Waals surface area contributed by atoms with Crippen molar-refractivity contribution in [3.63, 3.8) is 0 Å². The number of allylic oxidation sites excluding steroid dienone is 1. The number of carbonyl (C=O) groups is 1. The quantitative estimate of drug-likeness (QED) is 0.413. The van der Waals surface area contributed by atoms with Crippen LogP contribution in [0.5, 0.6) is 5.75 Å². The summed E-state index contributed by atoms with van der Waals surface area (Å²) in [4.78, 5) is 13.3. The lowest BCUT2D eigenvalue weighted by Gasteiger charge is -2.37. The Morgan fingerprint density at radius 1 is 1.08 bits per heavy atom. The summed E-state index contributed by atoms with van der Waals surface area (Å²) in [5.74, 6) is 2.78. The smallest absolute Gasteiger partial charge is 0.286 e. The van der Waals surface area contributed by atoms with Crippen molar-refractivity contribution in [3.05, 3.63) is 36.1 Å². The molecule has 2 bridgehead atoms. The fourth-order valence-corrected chi connectivity index (χ4v) is 7.86. The maximum Gasteiger partial charge on any atom is 0.286 e. The van der Waals surface area contributed by atoms with Crippen molar-refractivity contribution in [1.82, 2.24) is 9.62 Å². The molecule has 1 amide bonds. The number of hydrogen-bond acceptors (Lipinski definition) is 7. The Kier molecular flexibility index (Phi) is 8.62. The topological polar surface area (TPSA) is 114 Å². The highest BCUT2D eigenvalue weighted by Crippen LogP contribution is 2.45. The first-order valence-electron chi connectivity index (χ1n) is 13.9. The minimum Gasteiger partial charge on any atom is -0.497 e. The molecule has 0 aromatic heterocycles. The van der Waals surface area contributed by atoms with Gasteiger partial charge in [0.1, 0.15) is 5.75 Å². The van der Waals surface area contributed by atoms with Crippen molar-refractivity contribution >= 4 is 15.9 Å². The summed E-state index contributed by atoms with van der Waals surface area (Å²) in [6, 6.07) is 6.38. The van der Waals surface area contributed by atoms with E-state index in [-0.39, 0.29) is 49.1 Å². The van der Waals surface area contributed by atoms with Gasteiger partial charge in [-0.2, -0.15) is 4.31 Å². The number of methoxy groups -OCH3 is 1. The zero-order valence-corrected chi connectivity index (χ0v) is 22.9. The summed E-state index contributed by atoms with van der Waals surface area (Å²) >= 11 is 0. The molecular weight excluding hydrogens is 508 g/mol. The zero-order valence-electron chi connectivity index (χ0n) is 22.1. The van der Waals surface area contributed by atoms with E-state index in [1.165, 1.54) is 49.2 Å². The number of amides is 1. The molecular formula is C28H40N2O7S. The van der Waals surface area contributed by atoms with E-state index in [1.54, 1.807) is 12.1 Å². The minimum absolute atomic E-state index is 0.0505. The van der Waals surface area contributed by atoms with Crippen molar-refractivity contribution in [2.45, 2.75) is 68.6 Å². The fourth-order valence-electron chi connectivity index (χ4n) is 6.45. The molecule has 3 unspecified atom stereocenters. The van der Waals surface area contributed by atoms with Gasteiger partial charge in [-0.15, -0.1) is 0 Å². The average Bonchev–Trinajstić information content (AvgIpc) is 3.50. The van der Waals surface area contributed by atoms with E-state index in [2.05, 4.69) is 5.32 Å². The van der Waals surface area contributed by atoms with Crippen LogP contribution in [0.1, 0.15) is 51.4 Å². The van der Waals surface area contributed by atoms with E-state index in [9.17, 15) is 18.3 Å². The molecule has 1 heterocycles. The third-order valence-corrected chi connectivity index (χ3v) is 10.7. The molecule has 1 aromatic carbocycles. The summed E-state index contributed by atoms with van der Waals surface area (Å²) in [7, 11) is -2.31. The molecule has 38 heavy (non-hydrogen) atoms. The van der Waals surface area contributed by atoms with Crippen LogP contribution in [0.2, 0.25) is 0 Å². The number of hydrogen-bond donors (Lipinski definition) is 2. The third kappa shape index (κ3) is 6.03. The summed E-state index contributed by atoms with van der Waals surface area (Å²) < 4.78 is 44.7. The van der Waals surface area contributed by atoms with E-state index in [0.717, 1.165) is 25.2 Å². The van der Waals surface area contributed by atoms with Crippen LogP contribution in [0.3, 0.4) is 0 Å². The maximum absolute atomic E-state index is 13.2. The van der Waals surface area contributed by atoms with Crippen molar-refractivity contribution in [2.75, 3.05) is 33.4 Å². The van der Waals surface area contributed by atoms with Gasteiger partial charge in [0.05, 0.1) is 25.2 Å². The molecule has 5 atom stereocenters. The van der Waals surface area contributed by atoms with Crippen molar-refractivity contribution in [1.29, 1.82) is 0 Å². The molecule has 9 nitrogen and oxygen atoms in total. The minimum atomic E-state index is -3.83. The number of benzene rings is 1. The van der Waals surface area contributed by atoms with Gasteiger partial charge >= 0.3 is 0 Å². The van der Waals surface area contributed by atoms with Crippen LogP contribution in [0.15, 0.2) is 41.0 Å². The van der Waals surface area contributed by atoms with E-state index >= 15 is 0 Å². The van der Waals surface area contributed by atoms with Gasteiger partial charge in [0, 0.05) is 25.6 Å². The standard InChI is InChI=1S/C28H40N2O7S/c1-35-23-7-9-24(10-8-23)38(33,34)30(11-13-31)12-14-36-27-18-22(20-3-2-4-20)17-26(37-27)28(32)29-25-16-19-5-6-21(25)15-19/h7-10,17,19-22,25,27,31H,2-6,11-16,18H2,1H3,(H,29,32)/t19?,21?,22-,25?,27+/m1/s1. The molecule has 0 radical (unpaired) electrons. The Morgan fingerprint density at radius 3 is 2.47 bits per heavy atom. The lowest BCUT2D eigenvalue weighted by molar-refractivity contribution is -0.152. The predicted molar refractivity (Wildman–Crippen MR) is 141 cm³/mol. The normalized spacial score (nSPS) is 29.0. The molecule has 3 saturated carbocycles. The van der Waals surface area contributed by atoms with E-state index < -0.39 is 16.3 Å². The predicted octanol–water partition coefficient (Wildman–Crippen LogP) is 3.05. The number of fused-ring (bicyclic) bond motifs is 2. The molecule has 1 aliphatic heterocycles. The highest BCUT2D eigenvalue weighted by atomic mass is 32.2. The second kappa shape index (κ2) is 11.9. The van der Waals surface area contributed by atoms with Crippen LogP contribution < -0.4 is 10.1 Å². The first-order valence-corrected chi connectivity index (χ1v) is 15.4. The van der Waals surface area contributed by atoms with Crippen molar-refractivity contribution in [3.8, 4) is 5.75 Å². The number of carbonyl (C=O) groups excluding carboxylic acids is 1. The molecule has 0 spiro atoms. The number of nitrogens with one attached hydrogen (secondary N) is 1. The second-order valence-electron chi connectivity index (χ2n) is 11.1. The number of sulfonamides is 1. The van der Waals surface area contributed by atoms with E-state index in [1.807, 2.05) is 6.08 Å². The molecule has 5 rings (SSSR count). The van der Waals surface area contributed by atoms with Crippen molar-refractivity contribution < 1.29 is 32.5 Å². The zero-order chi connectivity index (χ0) is 26.7. The van der Waals surface area contributed by atoms with Crippen LogP contribution in [0.25, 0.3) is 0 Å². The largest absolute Gasteiger partial charge is 0.497 e. The monoisotopic (exact) mass is 548 g/mol. The molecule has 2 N–H and O–H groups in total. The third-order valence-electron chi connectivity index (χ3n) is 8.81. The van der Waals surface area contributed by atoms with Crippen LogP contribution in [0, 0.1) is 23.7 Å². The van der Waals surface area contributed by atoms with Crippen LogP contribution in [-0.4, -0.2) is 69.5 Å². The number of aliphatic hydroxyl groups is 1. The molecule has 3 aliphatic carbocycles. The van der Waals surface area contributed by atoms with Crippen LogP contribution in [-0.2, 0) is 24.3 Å². The summed E-state index contributed by atoms with van der Waals surface area (Å²) in [5, 5.41) is 12.7. The van der Waals surface area contributed by atoms with Gasteiger partial charge in [0.15, 0.2) is 5.76 Å². The molecule has 4 aliphatic rings. The number of nitrogens with zero attached hydrogens (tertiary/aromatic N) is 1. The summed E-state index contributed by atoms with van der Waals surface area (Å²) in [6.07, 6.45) is 10.2. The van der Waals surface area contributed by atoms with Gasteiger partial charge in [-0.05, 0) is 86.1 Å². The Balaban J connectivity index is 1.20. The van der Waals surface area contributed by atoms with Gasteiger partial charge in [0.2, 0.25) is 16.3 Å². The fraction of sp³-hybridized carbons (Fsp3) is 0.679. The Labute approximate surface area is 225 Å². The maximum atomic E-state index is 13.2. The van der Waals surface area contributed by atoms with Gasteiger partial charge in [-0.3, -0.25) is 4.79 Å². The molecule has 10 heteroatoms. The van der Waals surface area contributed by atoms with Gasteiger partial charge < -0.3 is 24.6 Å². The molecule has 210 valence electrons. The second-order valence-corrected chi connectivity index (χ2v) is 13.0. The average molecular weight is 549 g/mol. The summed E-state index contributed by atoms with van der Waals surface area (Å²) in [5.41, 5.74) is 0. The Morgan fingerprint density at radius 2 is 1.87 bits per heavy atom. The van der Waals surface area contributed by atoms with E-state index in [0.29, 0.717) is 29.8 Å². The molecule has 0 saturated heterocycles. The Hall–Kier alpha value is -2.14. The SMILES string of the molecule is COc1ccc(S(=O)(=O)N(CCO)CCO[C@@H]2C[C@H](C3CCC3)C=C(C(=O)NC3CC4CCC3C4)O2)cc1. The van der Waals surface area contributed by atoms with Crippen LogP contribution in [0.4, 0.5) is 0 Å². The van der Waals surface area contributed by atoms with E-state index in [4.69, 9.17) is 14.2 Å². The van der Waals surface area contributed by atoms with Gasteiger partial charge in [-0.1, -0.05) is 12.8 Å². The van der Waals surface area contributed by atoms with Gasteiger partial charge in [-0.25, -0.2) is 8.42 Å². The molecule has 3 fully saturated rings. The number of ether oxygens (including phenoxy) is 3. The van der Waals surface area contributed by atoms with Crippen molar-refractivity contribution in [2.24, 2.45) is 23.7 Å². The lowest BCUT2D eigenvalue weighted by Crippen LogP contribution is -2.42. The van der Waals surface area contributed by atoms with Gasteiger partial charge in [0.25, 0.3) is 5.91 Å². The number of rotatable bonds is 12. The summed E-state index contributed by atoms with van der Waals surface area (Å²) in [6.45, 7) is -0.224. The number of aliphatic hydroxyl groups excluding tert-OH is 1. The Bertz CT molecular complexity index is 1100. The first kappa shape index (κ1) is 27.4. The highest BCUT2D eigenvalue weighted by Gasteiger charge is 2.41. The first-order chi connectivity index (χ1) is 18.4. The lowest BCUT2D eigenvalue weighted by atomic mass is 9.73.